The van der Waals surface area contributed by atoms with Gasteiger partial charge in [-0.2, -0.15) is 0 Å². The van der Waals surface area contributed by atoms with Crippen LogP contribution in [0.4, 0.5) is 8.78 Å². The number of halogens is 2. The third-order valence-corrected chi connectivity index (χ3v) is 4.25. The largest absolute Gasteiger partial charge is 0.762 e. The minimum atomic E-state index is -0.824. The zero-order valence-electron chi connectivity index (χ0n) is 12.4. The lowest BCUT2D eigenvalue weighted by Gasteiger charge is -2.31. The second kappa shape index (κ2) is 6.72. The maximum absolute atomic E-state index is 14.0. The van der Waals surface area contributed by atoms with Gasteiger partial charge in [-0.1, -0.05) is 30.3 Å². The molecule has 4 nitrogen and oxygen atoms in total. The number of nitrogens with zero attached hydrogens (tertiary/aromatic N) is 2. The van der Waals surface area contributed by atoms with E-state index in [1.54, 1.807) is 0 Å². The van der Waals surface area contributed by atoms with Crippen molar-refractivity contribution >= 4 is 0 Å². The van der Waals surface area contributed by atoms with Crippen molar-refractivity contribution in [1.29, 1.82) is 0 Å². The van der Waals surface area contributed by atoms with E-state index in [0.717, 1.165) is 23.8 Å². The van der Waals surface area contributed by atoms with Crippen LogP contribution in [0.2, 0.25) is 0 Å². The van der Waals surface area contributed by atoms with Crippen LogP contribution in [0.5, 0.6) is 0 Å². The fourth-order valence-electron chi connectivity index (χ4n) is 3.17. The first kappa shape index (κ1) is 16.0. The Morgan fingerprint density at radius 3 is 2.57 bits per heavy atom. The molecule has 0 spiro atoms. The zero-order valence-corrected chi connectivity index (χ0v) is 12.4. The third-order valence-electron chi connectivity index (χ3n) is 4.25. The Bertz CT molecular complexity index is 667. The maximum atomic E-state index is 14.0. The molecule has 0 saturated carbocycles. The molecular weight excluding hydrogens is 302 g/mol. The molecule has 0 unspecified atom stereocenters. The van der Waals surface area contributed by atoms with E-state index in [9.17, 15) is 19.2 Å². The Morgan fingerprint density at radius 1 is 1.13 bits per heavy atom. The fourth-order valence-corrected chi connectivity index (χ4v) is 3.17. The van der Waals surface area contributed by atoms with E-state index in [1.807, 2.05) is 35.2 Å². The summed E-state index contributed by atoms with van der Waals surface area (Å²) in [6, 6.07) is 12.0. The molecule has 2 aromatic carbocycles. The molecule has 0 amide bonds. The van der Waals surface area contributed by atoms with Crippen molar-refractivity contribution in [2.45, 2.75) is 18.5 Å². The SMILES string of the molecule is [O-]N(O)[C@H]1CN(Cc2ccccc2)C[C@@H]1c1cc(F)ccc1F. The molecule has 0 aliphatic carbocycles. The molecule has 1 saturated heterocycles. The molecule has 1 N–H and O–H groups in total. The number of benzene rings is 2. The Kier molecular flexibility index (Phi) is 4.68. The lowest BCUT2D eigenvalue weighted by molar-refractivity contribution is -0.0796. The van der Waals surface area contributed by atoms with Crippen LogP contribution in [-0.2, 0) is 6.54 Å². The van der Waals surface area contributed by atoms with Crippen molar-refractivity contribution in [2.75, 3.05) is 13.1 Å². The summed E-state index contributed by atoms with van der Waals surface area (Å²) in [7, 11) is 0. The zero-order chi connectivity index (χ0) is 16.4. The summed E-state index contributed by atoms with van der Waals surface area (Å²) in [5.74, 6) is -1.71. The molecule has 1 aliphatic heterocycles. The molecule has 122 valence electrons. The van der Waals surface area contributed by atoms with Gasteiger partial charge < -0.3 is 10.4 Å². The van der Waals surface area contributed by atoms with Gasteiger partial charge in [-0.25, -0.2) is 8.78 Å². The Labute approximate surface area is 133 Å². The molecule has 2 atom stereocenters. The standard InChI is InChI=1S/C17H17F2N2O2/c18-13-6-7-16(19)14(8-13)15-10-20(11-17(15)21(22)23)9-12-4-2-1-3-5-12/h1-8,15,17,22H,9-11H2/q-1/t15-,17+/m1/s1. The van der Waals surface area contributed by atoms with E-state index in [-0.39, 0.29) is 17.3 Å². The second-order valence-electron chi connectivity index (χ2n) is 5.82. The normalized spacial score (nSPS) is 22.0. The molecule has 23 heavy (non-hydrogen) atoms. The van der Waals surface area contributed by atoms with Crippen LogP contribution in [0.1, 0.15) is 17.0 Å². The average molecular weight is 319 g/mol. The molecule has 1 fully saturated rings. The summed E-state index contributed by atoms with van der Waals surface area (Å²) >= 11 is 0. The van der Waals surface area contributed by atoms with E-state index in [2.05, 4.69) is 0 Å². The van der Waals surface area contributed by atoms with Gasteiger partial charge in [0.1, 0.15) is 11.6 Å². The first-order valence-corrected chi connectivity index (χ1v) is 7.41. The Balaban J connectivity index is 1.83. The molecule has 2 aromatic rings. The van der Waals surface area contributed by atoms with Crippen LogP contribution in [0.3, 0.4) is 0 Å². The van der Waals surface area contributed by atoms with Gasteiger partial charge in [0, 0.05) is 31.6 Å². The van der Waals surface area contributed by atoms with Crippen molar-refractivity contribution in [3.05, 3.63) is 76.5 Å². The summed E-state index contributed by atoms with van der Waals surface area (Å²) in [6.07, 6.45) is 0. The van der Waals surface area contributed by atoms with Crippen LogP contribution >= 0.6 is 0 Å². The predicted octanol–water partition coefficient (Wildman–Crippen LogP) is 3.12. The van der Waals surface area contributed by atoms with Crippen molar-refractivity contribution in [3.63, 3.8) is 0 Å². The van der Waals surface area contributed by atoms with Gasteiger partial charge in [-0.3, -0.25) is 10.1 Å². The summed E-state index contributed by atoms with van der Waals surface area (Å²) in [4.78, 5) is 1.95. The number of hydrogen-bond donors (Lipinski definition) is 1. The van der Waals surface area contributed by atoms with Gasteiger partial charge in [0.05, 0.1) is 0 Å². The minimum absolute atomic E-state index is 0.125. The molecule has 1 heterocycles. The summed E-state index contributed by atoms with van der Waals surface area (Å²) in [5, 5.41) is 20.7. The van der Waals surface area contributed by atoms with Crippen LogP contribution in [0, 0.1) is 16.8 Å². The topological polar surface area (TPSA) is 49.8 Å². The van der Waals surface area contributed by atoms with Crippen LogP contribution in [-0.4, -0.2) is 34.5 Å². The van der Waals surface area contributed by atoms with E-state index in [1.165, 1.54) is 0 Å². The van der Waals surface area contributed by atoms with E-state index >= 15 is 0 Å². The van der Waals surface area contributed by atoms with Crippen molar-refractivity contribution in [1.82, 2.24) is 10.1 Å². The van der Waals surface area contributed by atoms with Gasteiger partial charge in [0.25, 0.3) is 0 Å². The highest BCUT2D eigenvalue weighted by Crippen LogP contribution is 2.33. The van der Waals surface area contributed by atoms with Gasteiger partial charge in [-0.05, 0) is 29.3 Å². The summed E-state index contributed by atoms with van der Waals surface area (Å²) in [5.41, 5.74) is 1.18. The lowest BCUT2D eigenvalue weighted by atomic mass is 9.94. The number of likely N-dealkylation sites (tertiary alicyclic amines) is 1. The Morgan fingerprint density at radius 2 is 1.87 bits per heavy atom. The average Bonchev–Trinajstić information content (AvgIpc) is 2.94. The third kappa shape index (κ3) is 3.56. The monoisotopic (exact) mass is 319 g/mol. The van der Waals surface area contributed by atoms with E-state index in [4.69, 9.17) is 0 Å². The van der Waals surface area contributed by atoms with E-state index < -0.39 is 23.6 Å². The van der Waals surface area contributed by atoms with Crippen LogP contribution in [0.25, 0.3) is 0 Å². The highest BCUT2D eigenvalue weighted by molar-refractivity contribution is 5.27. The summed E-state index contributed by atoms with van der Waals surface area (Å²) < 4.78 is 27.5. The molecule has 3 rings (SSSR count). The summed E-state index contributed by atoms with van der Waals surface area (Å²) in [6.45, 7) is 1.24. The van der Waals surface area contributed by atoms with Gasteiger partial charge in [-0.15, -0.1) is 0 Å². The van der Waals surface area contributed by atoms with Crippen molar-refractivity contribution in [2.24, 2.45) is 0 Å². The lowest BCUT2D eigenvalue weighted by Crippen LogP contribution is -2.34. The highest BCUT2D eigenvalue weighted by Gasteiger charge is 2.36. The minimum Gasteiger partial charge on any atom is -0.762 e. The quantitative estimate of drug-likeness (QED) is 0.880. The fraction of sp³-hybridized carbons (Fsp3) is 0.294. The first-order valence-electron chi connectivity index (χ1n) is 7.41. The van der Waals surface area contributed by atoms with Gasteiger partial charge in [0.2, 0.25) is 0 Å². The molecule has 0 radical (unpaired) electrons. The number of hydroxylamine groups is 2. The van der Waals surface area contributed by atoms with Gasteiger partial charge in [0.15, 0.2) is 0 Å². The first-order chi connectivity index (χ1) is 11.0. The smallest absolute Gasteiger partial charge is 0.126 e. The molecule has 0 aromatic heterocycles. The molecule has 6 heteroatoms. The van der Waals surface area contributed by atoms with Crippen molar-refractivity contribution in [3.8, 4) is 0 Å². The van der Waals surface area contributed by atoms with E-state index in [0.29, 0.717) is 13.1 Å². The molecule has 1 aliphatic rings. The van der Waals surface area contributed by atoms with Crippen molar-refractivity contribution < 1.29 is 14.0 Å². The predicted molar refractivity (Wildman–Crippen MR) is 81.6 cm³/mol. The number of rotatable bonds is 4. The molecular formula is C17H17F2N2O2-. The highest BCUT2D eigenvalue weighted by atomic mass is 19.1. The number of hydrogen-bond acceptors (Lipinski definition) is 4. The Hall–Kier alpha value is -1.86. The van der Waals surface area contributed by atoms with Crippen LogP contribution < -0.4 is 0 Å². The maximum Gasteiger partial charge on any atom is 0.126 e. The molecule has 0 bridgehead atoms. The van der Waals surface area contributed by atoms with Crippen LogP contribution in [0.15, 0.2) is 48.5 Å². The van der Waals surface area contributed by atoms with Gasteiger partial charge >= 0.3 is 0 Å². The second-order valence-corrected chi connectivity index (χ2v) is 5.82.